The number of halogens is 3. The van der Waals surface area contributed by atoms with E-state index in [0.717, 1.165) is 18.0 Å². The molecule has 0 aliphatic carbocycles. The molecule has 10 heteroatoms. The first-order valence-corrected chi connectivity index (χ1v) is 8.78. The summed E-state index contributed by atoms with van der Waals surface area (Å²) in [5.74, 6) is 1.89. The molecule has 0 radical (unpaired) electrons. The number of rotatable bonds is 7. The predicted octanol–water partition coefficient (Wildman–Crippen LogP) is 2.59. The number of methoxy groups -OCH3 is 1. The maximum Gasteiger partial charge on any atom is 0.416 e. The van der Waals surface area contributed by atoms with E-state index in [0.29, 0.717) is 30.5 Å². The summed E-state index contributed by atoms with van der Waals surface area (Å²) in [7, 11) is 3.43. The van der Waals surface area contributed by atoms with E-state index in [1.165, 1.54) is 6.07 Å². The van der Waals surface area contributed by atoms with Gasteiger partial charge in [-0.25, -0.2) is 4.99 Å². The third-order valence-electron chi connectivity index (χ3n) is 4.23. The van der Waals surface area contributed by atoms with Crippen LogP contribution in [0.15, 0.2) is 29.3 Å². The molecule has 2 N–H and O–H groups in total. The van der Waals surface area contributed by atoms with Gasteiger partial charge in [0.2, 0.25) is 0 Å². The van der Waals surface area contributed by atoms with Gasteiger partial charge >= 0.3 is 6.18 Å². The highest BCUT2D eigenvalue weighted by Crippen LogP contribution is 2.30. The van der Waals surface area contributed by atoms with Crippen LogP contribution in [0.1, 0.15) is 35.7 Å². The molecule has 0 fully saturated rings. The van der Waals surface area contributed by atoms with Crippen molar-refractivity contribution in [1.82, 2.24) is 25.4 Å². The Hall–Kier alpha value is -2.62. The lowest BCUT2D eigenvalue weighted by atomic mass is 10.1. The molecule has 1 atom stereocenters. The summed E-state index contributed by atoms with van der Waals surface area (Å²) < 4.78 is 45.7. The molecule has 0 saturated carbocycles. The number of benzene rings is 1. The molecule has 154 valence electrons. The fourth-order valence-corrected chi connectivity index (χ4v) is 2.44. The Morgan fingerprint density at radius 1 is 1.32 bits per heavy atom. The Kier molecular flexibility index (Phi) is 7.38. The van der Waals surface area contributed by atoms with Crippen LogP contribution in [-0.2, 0) is 24.5 Å². The number of ether oxygens (including phenoxy) is 1. The number of aliphatic imine (C=N–C) groups is 1. The van der Waals surface area contributed by atoms with E-state index in [4.69, 9.17) is 4.74 Å². The van der Waals surface area contributed by atoms with Crippen LogP contribution in [0, 0.1) is 6.92 Å². The van der Waals surface area contributed by atoms with Gasteiger partial charge in [-0.05, 0) is 31.5 Å². The van der Waals surface area contributed by atoms with Crippen LogP contribution in [0.2, 0.25) is 0 Å². The van der Waals surface area contributed by atoms with Crippen LogP contribution in [0.4, 0.5) is 13.2 Å². The smallest absolute Gasteiger partial charge is 0.383 e. The minimum Gasteiger partial charge on any atom is -0.383 e. The second-order valence-corrected chi connectivity index (χ2v) is 6.30. The molecule has 1 aromatic heterocycles. The van der Waals surface area contributed by atoms with Crippen LogP contribution < -0.4 is 10.6 Å². The van der Waals surface area contributed by atoms with Gasteiger partial charge in [0.15, 0.2) is 11.8 Å². The van der Waals surface area contributed by atoms with Crippen LogP contribution in [-0.4, -0.2) is 41.0 Å². The summed E-state index contributed by atoms with van der Waals surface area (Å²) in [6.07, 6.45) is -4.38. The van der Waals surface area contributed by atoms with Crippen molar-refractivity contribution in [2.24, 2.45) is 12.0 Å². The van der Waals surface area contributed by atoms with Crippen LogP contribution >= 0.6 is 0 Å². The van der Waals surface area contributed by atoms with Crippen molar-refractivity contribution in [1.29, 1.82) is 0 Å². The van der Waals surface area contributed by atoms with Gasteiger partial charge in [-0.2, -0.15) is 13.2 Å². The largest absolute Gasteiger partial charge is 0.416 e. The summed E-state index contributed by atoms with van der Waals surface area (Å²) in [5.41, 5.74) is -0.176. The van der Waals surface area contributed by atoms with E-state index in [-0.39, 0.29) is 6.54 Å². The molecule has 1 aromatic carbocycles. The van der Waals surface area contributed by atoms with E-state index in [9.17, 15) is 13.2 Å². The van der Waals surface area contributed by atoms with Crippen LogP contribution in [0.25, 0.3) is 0 Å². The molecular weight excluding hydrogens is 373 g/mol. The highest BCUT2D eigenvalue weighted by Gasteiger charge is 2.30. The number of alkyl halides is 3. The molecular formula is C18H25F3N6O. The first-order valence-electron chi connectivity index (χ1n) is 8.78. The van der Waals surface area contributed by atoms with E-state index in [1.807, 2.05) is 18.5 Å². The van der Waals surface area contributed by atoms with Gasteiger partial charge in [-0.3, -0.25) is 0 Å². The molecule has 0 aliphatic heterocycles. The van der Waals surface area contributed by atoms with Gasteiger partial charge in [0.1, 0.15) is 12.4 Å². The summed E-state index contributed by atoms with van der Waals surface area (Å²) in [6, 6.07) is 4.84. The lowest BCUT2D eigenvalue weighted by molar-refractivity contribution is -0.137. The number of hydrogen-bond donors (Lipinski definition) is 2. The number of nitrogens with zero attached hydrogens (tertiary/aromatic N) is 4. The molecule has 1 heterocycles. The van der Waals surface area contributed by atoms with Gasteiger partial charge < -0.3 is 19.9 Å². The Morgan fingerprint density at radius 3 is 2.68 bits per heavy atom. The van der Waals surface area contributed by atoms with Crippen molar-refractivity contribution in [3.05, 3.63) is 47.0 Å². The van der Waals surface area contributed by atoms with Gasteiger partial charge in [-0.1, -0.05) is 12.1 Å². The van der Waals surface area contributed by atoms with Crippen molar-refractivity contribution in [2.45, 2.75) is 32.6 Å². The average molecular weight is 398 g/mol. The molecule has 7 nitrogen and oxygen atoms in total. The van der Waals surface area contributed by atoms with Gasteiger partial charge in [0, 0.05) is 20.7 Å². The average Bonchev–Trinajstić information content (AvgIpc) is 2.97. The van der Waals surface area contributed by atoms with Crippen molar-refractivity contribution in [2.75, 3.05) is 20.3 Å². The van der Waals surface area contributed by atoms with Crippen molar-refractivity contribution >= 4 is 5.96 Å². The highest BCUT2D eigenvalue weighted by molar-refractivity contribution is 5.80. The van der Waals surface area contributed by atoms with Crippen LogP contribution in [0.5, 0.6) is 0 Å². The van der Waals surface area contributed by atoms with Gasteiger partial charge in [0.05, 0.1) is 18.2 Å². The zero-order chi connectivity index (χ0) is 20.7. The molecule has 0 bridgehead atoms. The second-order valence-electron chi connectivity index (χ2n) is 6.30. The maximum absolute atomic E-state index is 13.0. The first-order chi connectivity index (χ1) is 13.2. The molecule has 0 spiro atoms. The number of nitrogens with one attached hydrogen (secondary N) is 2. The Balaban J connectivity index is 2.14. The lowest BCUT2D eigenvalue weighted by Gasteiger charge is -2.19. The van der Waals surface area contributed by atoms with Gasteiger partial charge in [0.25, 0.3) is 0 Å². The summed E-state index contributed by atoms with van der Waals surface area (Å²) in [5, 5.41) is 14.3. The lowest BCUT2D eigenvalue weighted by Crippen LogP contribution is -2.40. The summed E-state index contributed by atoms with van der Waals surface area (Å²) in [6.45, 7) is 4.84. The monoisotopic (exact) mass is 398 g/mol. The third-order valence-corrected chi connectivity index (χ3v) is 4.23. The number of aryl methyl sites for hydroxylation is 1. The molecule has 28 heavy (non-hydrogen) atoms. The minimum atomic E-state index is -4.38. The predicted molar refractivity (Wildman–Crippen MR) is 99.8 cm³/mol. The van der Waals surface area contributed by atoms with Gasteiger partial charge in [-0.15, -0.1) is 10.2 Å². The standard InChI is InChI=1S/C18H25F3N6O/c1-12(14-6-5-7-15(10-14)18(19,20)21)24-17(22-8-9-28-4)23-11-16-26-25-13(2)27(16)3/h5-7,10,12H,8-9,11H2,1-4H3,(H2,22,23,24). The first kappa shape index (κ1) is 21.7. The molecule has 0 amide bonds. The summed E-state index contributed by atoms with van der Waals surface area (Å²) in [4.78, 5) is 4.47. The number of guanidine groups is 1. The molecule has 0 aliphatic rings. The Bertz CT molecular complexity index is 803. The maximum atomic E-state index is 13.0. The van der Waals surface area contributed by atoms with Crippen molar-refractivity contribution in [3.63, 3.8) is 0 Å². The third kappa shape index (κ3) is 5.95. The van der Waals surface area contributed by atoms with E-state index >= 15 is 0 Å². The Labute approximate surface area is 162 Å². The zero-order valence-corrected chi connectivity index (χ0v) is 16.3. The second kappa shape index (κ2) is 9.54. The van der Waals surface area contributed by atoms with Crippen LogP contribution in [0.3, 0.4) is 0 Å². The molecule has 0 saturated heterocycles. The van der Waals surface area contributed by atoms with Crippen molar-refractivity contribution < 1.29 is 17.9 Å². The fraction of sp³-hybridized carbons (Fsp3) is 0.500. The van der Waals surface area contributed by atoms with E-state index in [2.05, 4.69) is 25.8 Å². The quantitative estimate of drug-likeness (QED) is 0.426. The Morgan fingerprint density at radius 2 is 2.07 bits per heavy atom. The minimum absolute atomic E-state index is 0.273. The number of aromatic nitrogens is 3. The van der Waals surface area contributed by atoms with Crippen molar-refractivity contribution in [3.8, 4) is 0 Å². The molecule has 1 unspecified atom stereocenters. The fourth-order valence-electron chi connectivity index (χ4n) is 2.44. The molecule has 2 rings (SSSR count). The summed E-state index contributed by atoms with van der Waals surface area (Å²) >= 11 is 0. The normalized spacial score (nSPS) is 13.5. The number of hydrogen-bond acceptors (Lipinski definition) is 4. The molecule has 2 aromatic rings. The SMILES string of the molecule is COCCNC(=NCc1nnc(C)n1C)NC(C)c1cccc(C(F)(F)F)c1. The topological polar surface area (TPSA) is 76.4 Å². The van der Waals surface area contributed by atoms with E-state index in [1.54, 1.807) is 20.1 Å². The highest BCUT2D eigenvalue weighted by atomic mass is 19.4. The zero-order valence-electron chi connectivity index (χ0n) is 16.3. The van der Waals surface area contributed by atoms with E-state index < -0.39 is 17.8 Å².